The van der Waals surface area contributed by atoms with Gasteiger partial charge in [0.1, 0.15) is 35.5 Å². The van der Waals surface area contributed by atoms with Crippen molar-refractivity contribution in [2.75, 3.05) is 6.54 Å². The summed E-state index contributed by atoms with van der Waals surface area (Å²) < 4.78 is 23.0. The average molecular weight is 476 g/mol. The van der Waals surface area contributed by atoms with E-state index in [0.717, 1.165) is 22.2 Å². The van der Waals surface area contributed by atoms with Crippen molar-refractivity contribution in [1.82, 2.24) is 14.9 Å². The fraction of sp³-hybridized carbons (Fsp3) is 0.409. The zero-order chi connectivity index (χ0) is 21.0. The third kappa shape index (κ3) is 3.13. The van der Waals surface area contributed by atoms with Crippen LogP contribution in [0, 0.1) is 12.7 Å². The molecule has 2 aliphatic rings. The van der Waals surface area contributed by atoms with Crippen molar-refractivity contribution in [2.24, 2.45) is 0 Å². The summed E-state index contributed by atoms with van der Waals surface area (Å²) in [5.41, 5.74) is 3.29. The number of fused-ring (bicyclic) bond motifs is 2. The second-order valence-electron chi connectivity index (χ2n) is 8.08. The summed E-state index contributed by atoms with van der Waals surface area (Å²) >= 11 is 3.28. The van der Waals surface area contributed by atoms with Crippen LogP contribution < -0.4 is 10.1 Å². The van der Waals surface area contributed by atoms with Gasteiger partial charge in [0.25, 0.3) is 0 Å². The zero-order valence-corrected chi connectivity index (χ0v) is 18.1. The Bertz CT molecular complexity index is 1120. The lowest BCUT2D eigenvalue weighted by molar-refractivity contribution is -0.0166. The van der Waals surface area contributed by atoms with Gasteiger partial charge in [-0.3, -0.25) is 0 Å². The van der Waals surface area contributed by atoms with Crippen LogP contribution in [0.1, 0.15) is 29.2 Å². The van der Waals surface area contributed by atoms with Crippen molar-refractivity contribution in [1.29, 1.82) is 0 Å². The lowest BCUT2D eigenvalue weighted by atomic mass is 9.99. The van der Waals surface area contributed by atoms with E-state index in [0.29, 0.717) is 41.7 Å². The Hall–Kier alpha value is -2.00. The van der Waals surface area contributed by atoms with Crippen LogP contribution in [0.3, 0.4) is 0 Å². The van der Waals surface area contributed by atoms with Gasteiger partial charge in [0, 0.05) is 36.3 Å². The van der Waals surface area contributed by atoms with E-state index in [4.69, 9.17) is 4.74 Å². The summed E-state index contributed by atoms with van der Waals surface area (Å²) in [5.74, 6) is 0.276. The Balaban J connectivity index is 1.46. The molecule has 3 aromatic rings. The van der Waals surface area contributed by atoms with Gasteiger partial charge in [-0.25, -0.2) is 9.37 Å². The molecule has 3 N–H and O–H groups in total. The number of nitrogens with zero attached hydrogens (tertiary/aromatic N) is 2. The minimum absolute atomic E-state index is 0.260. The Labute approximate surface area is 181 Å². The molecule has 0 spiro atoms. The van der Waals surface area contributed by atoms with Crippen molar-refractivity contribution < 1.29 is 19.3 Å². The fourth-order valence-electron chi connectivity index (χ4n) is 4.66. The number of pyridine rings is 1. The van der Waals surface area contributed by atoms with Crippen molar-refractivity contribution in [3.63, 3.8) is 0 Å². The second kappa shape index (κ2) is 7.60. The third-order valence-corrected chi connectivity index (χ3v) is 6.89. The number of rotatable bonds is 3. The molecule has 1 saturated carbocycles. The molecular formula is C22H23BrFN3O3. The number of benzene rings is 1. The molecule has 2 unspecified atom stereocenters. The number of aromatic nitrogens is 2. The Morgan fingerprint density at radius 1 is 1.27 bits per heavy atom. The number of hydrogen-bond acceptors (Lipinski definition) is 5. The summed E-state index contributed by atoms with van der Waals surface area (Å²) in [6.45, 7) is 3.23. The molecule has 8 heteroatoms. The molecular weight excluding hydrogens is 453 g/mol. The second-order valence-corrected chi connectivity index (χ2v) is 8.94. The smallest absolute Gasteiger partial charge is 0.141 e. The van der Waals surface area contributed by atoms with Crippen molar-refractivity contribution in [2.45, 2.75) is 50.7 Å². The summed E-state index contributed by atoms with van der Waals surface area (Å²) in [6, 6.07) is 5.17. The monoisotopic (exact) mass is 475 g/mol. The first-order valence-electron chi connectivity index (χ1n) is 10.1. The quantitative estimate of drug-likeness (QED) is 0.542. The van der Waals surface area contributed by atoms with Crippen LogP contribution in [0.15, 0.2) is 35.1 Å². The van der Waals surface area contributed by atoms with Gasteiger partial charge in [-0.05, 0) is 65.1 Å². The van der Waals surface area contributed by atoms with Gasteiger partial charge < -0.3 is 24.8 Å². The zero-order valence-electron chi connectivity index (χ0n) is 16.5. The summed E-state index contributed by atoms with van der Waals surface area (Å²) in [5, 5.41) is 25.8. The largest absolute Gasteiger partial charge is 0.487 e. The van der Waals surface area contributed by atoms with Crippen molar-refractivity contribution >= 4 is 27.0 Å². The summed E-state index contributed by atoms with van der Waals surface area (Å²) in [6.07, 6.45) is 1.97. The summed E-state index contributed by atoms with van der Waals surface area (Å²) in [7, 11) is 0. The minimum Gasteiger partial charge on any atom is -0.487 e. The molecule has 6 nitrogen and oxygen atoms in total. The molecule has 1 aliphatic heterocycles. The predicted octanol–water partition coefficient (Wildman–Crippen LogP) is 3.01. The maximum Gasteiger partial charge on any atom is 0.141 e. The number of aliphatic hydroxyl groups excluding tert-OH is 2. The van der Waals surface area contributed by atoms with Crippen LogP contribution in [-0.2, 0) is 13.0 Å². The number of hydrogen-bond donors (Lipinski definition) is 3. The van der Waals surface area contributed by atoms with Gasteiger partial charge in [-0.2, -0.15) is 0 Å². The lowest BCUT2D eigenvalue weighted by Gasteiger charge is -2.25. The van der Waals surface area contributed by atoms with Crippen LogP contribution in [-0.4, -0.2) is 44.6 Å². The van der Waals surface area contributed by atoms with Crippen LogP contribution >= 0.6 is 15.9 Å². The van der Waals surface area contributed by atoms with E-state index in [1.165, 1.54) is 0 Å². The SMILES string of the molecule is Cc1ccnc2c1ccn2C1CC(Oc2cc(Br)c(F)c3c2CNCC3)[C@@H](O)[C@H]1O. The number of aliphatic hydroxyl groups is 2. The molecule has 30 heavy (non-hydrogen) atoms. The van der Waals surface area contributed by atoms with E-state index < -0.39 is 18.3 Å². The number of aryl methyl sites for hydroxylation is 1. The van der Waals surface area contributed by atoms with E-state index >= 15 is 0 Å². The molecule has 0 amide bonds. The molecule has 1 fully saturated rings. The number of halogens is 2. The molecule has 4 atom stereocenters. The van der Waals surface area contributed by atoms with Gasteiger partial charge in [-0.15, -0.1) is 0 Å². The average Bonchev–Trinajstić information content (AvgIpc) is 3.29. The minimum atomic E-state index is -1.06. The van der Waals surface area contributed by atoms with Gasteiger partial charge in [0.2, 0.25) is 0 Å². The number of nitrogens with one attached hydrogen (secondary N) is 1. The molecule has 0 bridgehead atoms. The van der Waals surface area contributed by atoms with Crippen LogP contribution in [0.5, 0.6) is 5.75 Å². The fourth-order valence-corrected chi connectivity index (χ4v) is 5.11. The normalized spacial score (nSPS) is 26.2. The maximum absolute atomic E-state index is 14.5. The first kappa shape index (κ1) is 19.9. The summed E-state index contributed by atoms with van der Waals surface area (Å²) in [4.78, 5) is 4.47. The van der Waals surface area contributed by atoms with E-state index in [1.54, 1.807) is 12.3 Å². The Morgan fingerprint density at radius 2 is 2.10 bits per heavy atom. The highest BCUT2D eigenvalue weighted by atomic mass is 79.9. The van der Waals surface area contributed by atoms with E-state index in [2.05, 4.69) is 26.2 Å². The van der Waals surface area contributed by atoms with Gasteiger partial charge in [0.05, 0.1) is 10.5 Å². The molecule has 158 valence electrons. The predicted molar refractivity (Wildman–Crippen MR) is 114 cm³/mol. The molecule has 0 saturated heterocycles. The maximum atomic E-state index is 14.5. The van der Waals surface area contributed by atoms with E-state index in [9.17, 15) is 14.6 Å². The Morgan fingerprint density at radius 3 is 2.93 bits per heavy atom. The highest BCUT2D eigenvalue weighted by Gasteiger charge is 2.44. The first-order chi connectivity index (χ1) is 14.5. The van der Waals surface area contributed by atoms with Gasteiger partial charge in [-0.1, -0.05) is 0 Å². The van der Waals surface area contributed by atoms with Gasteiger partial charge in [0.15, 0.2) is 0 Å². The molecule has 2 aromatic heterocycles. The van der Waals surface area contributed by atoms with E-state index in [-0.39, 0.29) is 11.9 Å². The van der Waals surface area contributed by atoms with Gasteiger partial charge >= 0.3 is 0 Å². The first-order valence-corrected chi connectivity index (χ1v) is 10.9. The highest BCUT2D eigenvalue weighted by molar-refractivity contribution is 9.10. The topological polar surface area (TPSA) is 79.5 Å². The van der Waals surface area contributed by atoms with Crippen LogP contribution in [0.2, 0.25) is 0 Å². The lowest BCUT2D eigenvalue weighted by Crippen LogP contribution is -2.35. The number of ether oxygens (including phenoxy) is 1. The molecule has 5 rings (SSSR count). The standard InChI is InChI=1S/C22H23BrFN3O3/c1-11-2-6-26-22-12(11)4-7-27(22)16-9-18(21(29)20(16)28)30-17-8-15(23)19(24)13-3-5-25-10-14(13)17/h2,4,6-8,16,18,20-21,25,28-29H,3,5,9-10H2,1H3/t16?,18?,20-,21+/m0/s1. The van der Waals surface area contributed by atoms with Crippen molar-refractivity contribution in [3.05, 3.63) is 57.6 Å². The Kier molecular flexibility index (Phi) is 5.05. The molecule has 0 radical (unpaired) electrons. The third-order valence-electron chi connectivity index (χ3n) is 6.32. The van der Waals surface area contributed by atoms with E-state index in [1.807, 2.05) is 29.8 Å². The van der Waals surface area contributed by atoms with Crippen LogP contribution in [0.25, 0.3) is 11.0 Å². The molecule has 1 aliphatic carbocycles. The highest BCUT2D eigenvalue weighted by Crippen LogP contribution is 2.39. The molecule has 3 heterocycles. The van der Waals surface area contributed by atoms with Crippen LogP contribution in [0.4, 0.5) is 4.39 Å². The van der Waals surface area contributed by atoms with Crippen molar-refractivity contribution in [3.8, 4) is 5.75 Å². The molecule has 1 aromatic carbocycles.